The van der Waals surface area contributed by atoms with E-state index in [9.17, 15) is 4.79 Å². The van der Waals surface area contributed by atoms with Crippen LogP contribution in [0.3, 0.4) is 0 Å². The molecule has 0 radical (unpaired) electrons. The van der Waals surface area contributed by atoms with Gasteiger partial charge in [0.25, 0.3) is 0 Å². The lowest BCUT2D eigenvalue weighted by Gasteiger charge is -2.21. The van der Waals surface area contributed by atoms with Crippen LogP contribution in [0.4, 0.5) is 0 Å². The number of alkyl halides is 1. The van der Waals surface area contributed by atoms with Crippen LogP contribution in [0.15, 0.2) is 24.3 Å². The highest BCUT2D eigenvalue weighted by atomic mass is 79.9. The van der Waals surface area contributed by atoms with Crippen molar-refractivity contribution in [1.82, 2.24) is 9.80 Å². The average molecular weight is 353 g/mol. The van der Waals surface area contributed by atoms with E-state index in [1.54, 1.807) is 0 Å². The summed E-state index contributed by atoms with van der Waals surface area (Å²) < 4.78 is 0. The van der Waals surface area contributed by atoms with E-state index in [1.807, 2.05) is 4.90 Å². The van der Waals surface area contributed by atoms with Gasteiger partial charge in [-0.2, -0.15) is 0 Å². The van der Waals surface area contributed by atoms with Gasteiger partial charge in [-0.05, 0) is 31.9 Å². The molecule has 21 heavy (non-hydrogen) atoms. The van der Waals surface area contributed by atoms with Crippen molar-refractivity contribution in [2.75, 3.05) is 38.1 Å². The number of hydrogen-bond acceptors (Lipinski definition) is 2. The van der Waals surface area contributed by atoms with E-state index in [0.29, 0.717) is 12.3 Å². The lowest BCUT2D eigenvalue weighted by Crippen LogP contribution is -2.35. The maximum atomic E-state index is 12.4. The fourth-order valence-electron chi connectivity index (χ4n) is 2.84. The molecule has 1 heterocycles. The SMILES string of the molecule is Cc1cccc(CCC(=O)N2CCCN(CCBr)CC2)c1. The Morgan fingerprint density at radius 3 is 2.86 bits per heavy atom. The zero-order valence-electron chi connectivity index (χ0n) is 12.9. The summed E-state index contributed by atoms with van der Waals surface area (Å²) in [4.78, 5) is 16.9. The zero-order valence-corrected chi connectivity index (χ0v) is 14.4. The van der Waals surface area contributed by atoms with Gasteiger partial charge in [0.05, 0.1) is 0 Å². The summed E-state index contributed by atoms with van der Waals surface area (Å²) in [6, 6.07) is 8.45. The lowest BCUT2D eigenvalue weighted by atomic mass is 10.1. The molecule has 1 amide bonds. The summed E-state index contributed by atoms with van der Waals surface area (Å²) in [6.07, 6.45) is 2.56. The Bertz CT molecular complexity index is 464. The van der Waals surface area contributed by atoms with Crippen LogP contribution in [0.1, 0.15) is 24.0 Å². The maximum absolute atomic E-state index is 12.4. The monoisotopic (exact) mass is 352 g/mol. The van der Waals surface area contributed by atoms with Crippen LogP contribution in [0.5, 0.6) is 0 Å². The molecule has 0 bridgehead atoms. The molecular weight excluding hydrogens is 328 g/mol. The van der Waals surface area contributed by atoms with Gasteiger partial charge in [0.15, 0.2) is 0 Å². The number of hydrogen-bond donors (Lipinski definition) is 0. The Kier molecular flexibility index (Phi) is 6.71. The molecule has 2 rings (SSSR count). The van der Waals surface area contributed by atoms with Crippen molar-refractivity contribution in [2.24, 2.45) is 0 Å². The van der Waals surface area contributed by atoms with Gasteiger partial charge in [-0.15, -0.1) is 0 Å². The van der Waals surface area contributed by atoms with E-state index in [2.05, 4.69) is 52.0 Å². The molecule has 0 saturated carbocycles. The Labute approximate surface area is 136 Å². The minimum absolute atomic E-state index is 0.303. The Balaban J connectivity index is 1.80. The molecular formula is C17H25BrN2O. The van der Waals surface area contributed by atoms with Crippen molar-refractivity contribution in [1.29, 1.82) is 0 Å². The number of carbonyl (C=O) groups excluding carboxylic acids is 1. The quantitative estimate of drug-likeness (QED) is 0.760. The van der Waals surface area contributed by atoms with Gasteiger partial charge in [0.2, 0.25) is 5.91 Å². The molecule has 116 valence electrons. The molecule has 1 saturated heterocycles. The second-order valence-corrected chi connectivity index (χ2v) is 6.55. The second-order valence-electron chi connectivity index (χ2n) is 5.75. The normalized spacial score (nSPS) is 16.8. The van der Waals surface area contributed by atoms with Gasteiger partial charge in [-0.3, -0.25) is 4.79 Å². The van der Waals surface area contributed by atoms with E-state index in [-0.39, 0.29) is 0 Å². The molecule has 0 spiro atoms. The predicted molar refractivity (Wildman–Crippen MR) is 90.9 cm³/mol. The molecule has 1 fully saturated rings. The fraction of sp³-hybridized carbons (Fsp3) is 0.588. The highest BCUT2D eigenvalue weighted by Gasteiger charge is 2.18. The van der Waals surface area contributed by atoms with Crippen molar-refractivity contribution < 1.29 is 4.79 Å². The van der Waals surface area contributed by atoms with E-state index >= 15 is 0 Å². The van der Waals surface area contributed by atoms with Crippen LogP contribution < -0.4 is 0 Å². The summed E-state index contributed by atoms with van der Waals surface area (Å²) in [5.41, 5.74) is 2.53. The van der Waals surface area contributed by atoms with Gasteiger partial charge in [-0.1, -0.05) is 45.8 Å². The molecule has 4 heteroatoms. The topological polar surface area (TPSA) is 23.6 Å². The lowest BCUT2D eigenvalue weighted by molar-refractivity contribution is -0.131. The molecule has 1 aromatic rings. The molecule has 1 aromatic carbocycles. The Morgan fingerprint density at radius 1 is 1.24 bits per heavy atom. The first-order valence-corrected chi connectivity index (χ1v) is 8.93. The van der Waals surface area contributed by atoms with E-state index in [0.717, 1.165) is 50.9 Å². The highest BCUT2D eigenvalue weighted by Crippen LogP contribution is 2.10. The van der Waals surface area contributed by atoms with E-state index < -0.39 is 0 Å². The molecule has 1 aliphatic heterocycles. The third-order valence-electron chi connectivity index (χ3n) is 4.05. The first-order chi connectivity index (χ1) is 10.2. The van der Waals surface area contributed by atoms with Crippen LogP contribution in [0.2, 0.25) is 0 Å². The van der Waals surface area contributed by atoms with Crippen LogP contribution in [0, 0.1) is 6.92 Å². The molecule has 3 nitrogen and oxygen atoms in total. The fourth-order valence-corrected chi connectivity index (χ4v) is 3.34. The third kappa shape index (κ3) is 5.44. The van der Waals surface area contributed by atoms with Crippen molar-refractivity contribution in [3.05, 3.63) is 35.4 Å². The summed E-state index contributed by atoms with van der Waals surface area (Å²) in [5, 5.41) is 1.01. The van der Waals surface area contributed by atoms with E-state index in [4.69, 9.17) is 0 Å². The number of halogens is 1. The van der Waals surface area contributed by atoms with Crippen LogP contribution in [-0.2, 0) is 11.2 Å². The average Bonchev–Trinajstić information content (AvgIpc) is 2.71. The largest absolute Gasteiger partial charge is 0.341 e. The molecule has 0 atom stereocenters. The second kappa shape index (κ2) is 8.54. The number of nitrogens with zero attached hydrogens (tertiary/aromatic N) is 2. The summed E-state index contributed by atoms with van der Waals surface area (Å²) in [7, 11) is 0. The van der Waals surface area contributed by atoms with Crippen molar-refractivity contribution >= 4 is 21.8 Å². The van der Waals surface area contributed by atoms with Gasteiger partial charge < -0.3 is 9.80 Å². The number of rotatable bonds is 5. The number of aryl methyl sites for hydroxylation is 2. The third-order valence-corrected chi connectivity index (χ3v) is 4.41. The maximum Gasteiger partial charge on any atom is 0.222 e. The number of carbonyl (C=O) groups is 1. The predicted octanol–water partition coefficient (Wildman–Crippen LogP) is 2.86. The number of amides is 1. The first kappa shape index (κ1) is 16.5. The minimum atomic E-state index is 0.303. The zero-order chi connectivity index (χ0) is 15.1. The van der Waals surface area contributed by atoms with E-state index in [1.165, 1.54) is 11.1 Å². The molecule has 1 aliphatic rings. The van der Waals surface area contributed by atoms with Crippen molar-refractivity contribution in [3.63, 3.8) is 0 Å². The van der Waals surface area contributed by atoms with Gasteiger partial charge in [0.1, 0.15) is 0 Å². The summed E-state index contributed by atoms with van der Waals surface area (Å²) in [5.74, 6) is 0.303. The summed E-state index contributed by atoms with van der Waals surface area (Å²) in [6.45, 7) is 7.06. The van der Waals surface area contributed by atoms with Crippen LogP contribution >= 0.6 is 15.9 Å². The number of benzene rings is 1. The molecule has 0 N–H and O–H groups in total. The molecule has 0 aliphatic carbocycles. The van der Waals surface area contributed by atoms with Crippen molar-refractivity contribution in [3.8, 4) is 0 Å². The molecule has 0 unspecified atom stereocenters. The standard InChI is InChI=1S/C17H25BrN2O/c1-15-4-2-5-16(14-15)6-7-17(21)20-10-3-9-19(11-8-18)12-13-20/h2,4-5,14H,3,6-13H2,1H3. The van der Waals surface area contributed by atoms with Crippen LogP contribution in [0.25, 0.3) is 0 Å². The summed E-state index contributed by atoms with van der Waals surface area (Å²) >= 11 is 3.49. The smallest absolute Gasteiger partial charge is 0.222 e. The Hall–Kier alpha value is -0.870. The van der Waals surface area contributed by atoms with Crippen LogP contribution in [-0.4, -0.2) is 53.8 Å². The minimum Gasteiger partial charge on any atom is -0.341 e. The first-order valence-electron chi connectivity index (χ1n) is 7.80. The Morgan fingerprint density at radius 2 is 2.10 bits per heavy atom. The van der Waals surface area contributed by atoms with Gasteiger partial charge in [0, 0.05) is 37.9 Å². The highest BCUT2D eigenvalue weighted by molar-refractivity contribution is 9.09. The van der Waals surface area contributed by atoms with Gasteiger partial charge >= 0.3 is 0 Å². The molecule has 0 aromatic heterocycles. The van der Waals surface area contributed by atoms with Crippen molar-refractivity contribution in [2.45, 2.75) is 26.2 Å². The van der Waals surface area contributed by atoms with Gasteiger partial charge in [-0.25, -0.2) is 0 Å².